The van der Waals surface area contributed by atoms with E-state index >= 15 is 0 Å². The van der Waals surface area contributed by atoms with Gasteiger partial charge in [-0.3, -0.25) is 4.79 Å². The first kappa shape index (κ1) is 16.9. The monoisotopic (exact) mass is 340 g/mol. The molecule has 17 heavy (non-hydrogen) atoms. The highest BCUT2D eigenvalue weighted by Gasteiger charge is 2.16. The molecule has 98 valence electrons. The summed E-state index contributed by atoms with van der Waals surface area (Å²) in [6.45, 7) is 4.37. The van der Waals surface area contributed by atoms with Gasteiger partial charge in [0.05, 0.1) is 3.79 Å². The zero-order valence-electron chi connectivity index (χ0n) is 9.90. The van der Waals surface area contributed by atoms with E-state index in [0.29, 0.717) is 6.54 Å². The van der Waals surface area contributed by atoms with Gasteiger partial charge in [0.2, 0.25) is 5.91 Å². The third-order valence-electron chi connectivity index (χ3n) is 2.50. The average molecular weight is 342 g/mol. The highest BCUT2D eigenvalue weighted by atomic mass is 79.9. The third kappa shape index (κ3) is 5.86. The average Bonchev–Trinajstić information content (AvgIpc) is 2.62. The molecule has 0 aliphatic rings. The number of nitrogens with two attached hydrogens (primary N) is 1. The van der Waals surface area contributed by atoms with Gasteiger partial charge >= 0.3 is 0 Å². The van der Waals surface area contributed by atoms with Crippen LogP contribution in [0.15, 0.2) is 15.9 Å². The molecule has 1 rings (SSSR count). The number of carbonyl (C=O) groups excluding carboxylic acids is 1. The lowest BCUT2D eigenvalue weighted by Crippen LogP contribution is -2.39. The summed E-state index contributed by atoms with van der Waals surface area (Å²) in [5.41, 5.74) is 5.66. The molecule has 0 saturated heterocycles. The summed E-state index contributed by atoms with van der Waals surface area (Å²) in [6.07, 6.45) is 0.869. The van der Waals surface area contributed by atoms with Crippen LogP contribution in [-0.4, -0.2) is 18.5 Å². The molecule has 1 heterocycles. The van der Waals surface area contributed by atoms with Crippen LogP contribution in [0.3, 0.4) is 0 Å². The summed E-state index contributed by atoms with van der Waals surface area (Å²) in [5.74, 6) is -0.0966. The van der Waals surface area contributed by atoms with Crippen LogP contribution in [0.5, 0.6) is 0 Å². The van der Waals surface area contributed by atoms with Crippen molar-refractivity contribution in [3.05, 3.63) is 20.8 Å². The lowest BCUT2D eigenvalue weighted by atomic mass is 10.0. The van der Waals surface area contributed by atoms with Crippen LogP contribution in [0.1, 0.15) is 18.7 Å². The van der Waals surface area contributed by atoms with E-state index in [2.05, 4.69) is 27.3 Å². The number of hydrogen-bond donors (Lipinski definition) is 2. The van der Waals surface area contributed by atoms with Crippen molar-refractivity contribution >= 4 is 45.6 Å². The Hall–Kier alpha value is -0.100. The molecule has 2 unspecified atom stereocenters. The molecule has 2 atom stereocenters. The fourth-order valence-corrected chi connectivity index (χ4v) is 2.68. The summed E-state index contributed by atoms with van der Waals surface area (Å²) >= 11 is 5.10. The van der Waals surface area contributed by atoms with E-state index in [-0.39, 0.29) is 30.3 Å². The fourth-order valence-electron chi connectivity index (χ4n) is 1.19. The van der Waals surface area contributed by atoms with Crippen molar-refractivity contribution in [1.29, 1.82) is 0 Å². The zero-order valence-corrected chi connectivity index (χ0v) is 13.1. The van der Waals surface area contributed by atoms with Crippen LogP contribution in [0.4, 0.5) is 0 Å². The molecule has 0 saturated carbocycles. The highest BCUT2D eigenvalue weighted by molar-refractivity contribution is 9.11. The van der Waals surface area contributed by atoms with Crippen molar-refractivity contribution in [2.45, 2.75) is 26.3 Å². The molecular weight excluding hydrogens is 324 g/mol. The van der Waals surface area contributed by atoms with E-state index in [1.54, 1.807) is 11.3 Å². The normalized spacial score (nSPS) is 13.6. The van der Waals surface area contributed by atoms with Gasteiger partial charge in [0.25, 0.3) is 0 Å². The molecule has 0 radical (unpaired) electrons. The van der Waals surface area contributed by atoms with Gasteiger partial charge in [0.15, 0.2) is 0 Å². The Bertz CT molecular complexity index is 357. The summed E-state index contributed by atoms with van der Waals surface area (Å²) < 4.78 is 1.12. The molecule has 1 amide bonds. The second-order valence-corrected chi connectivity index (χ2v) is 6.44. The number of nitrogens with one attached hydrogen (secondary N) is 1. The lowest BCUT2D eigenvalue weighted by molar-refractivity contribution is -0.124. The largest absolute Gasteiger partial charge is 0.355 e. The smallest absolute Gasteiger partial charge is 0.224 e. The molecule has 3 N–H and O–H groups in total. The Kier molecular flexibility index (Phi) is 8.03. The predicted molar refractivity (Wildman–Crippen MR) is 78.8 cm³/mol. The first-order chi connectivity index (χ1) is 7.50. The highest BCUT2D eigenvalue weighted by Crippen LogP contribution is 2.22. The Balaban J connectivity index is 0.00000256. The van der Waals surface area contributed by atoms with Crippen LogP contribution in [0.25, 0.3) is 0 Å². The third-order valence-corrected chi connectivity index (χ3v) is 4.19. The standard InChI is InChI=1S/C11H17BrN2OS.ClH/c1-7(8(2)13)11(15)14-6-5-9-3-4-10(12)16-9;/h3-4,7-8H,5-6,13H2,1-2H3,(H,14,15);1H. The van der Waals surface area contributed by atoms with Gasteiger partial charge in [0, 0.05) is 23.4 Å². The van der Waals surface area contributed by atoms with Crippen LogP contribution in [0, 0.1) is 5.92 Å². The summed E-state index contributed by atoms with van der Waals surface area (Å²) in [6, 6.07) is 3.98. The van der Waals surface area contributed by atoms with Gasteiger partial charge in [-0.1, -0.05) is 6.92 Å². The number of hydrogen-bond acceptors (Lipinski definition) is 3. The fraction of sp³-hybridized carbons (Fsp3) is 0.545. The minimum Gasteiger partial charge on any atom is -0.355 e. The van der Waals surface area contributed by atoms with Gasteiger partial charge < -0.3 is 11.1 Å². The maximum atomic E-state index is 11.6. The van der Waals surface area contributed by atoms with Gasteiger partial charge in [-0.05, 0) is 41.4 Å². The summed E-state index contributed by atoms with van der Waals surface area (Å²) in [5, 5.41) is 2.89. The second kappa shape index (κ2) is 8.08. The Morgan fingerprint density at radius 3 is 2.65 bits per heavy atom. The molecule has 0 bridgehead atoms. The van der Waals surface area contributed by atoms with E-state index in [1.165, 1.54) is 4.88 Å². The van der Waals surface area contributed by atoms with Gasteiger partial charge in [-0.2, -0.15) is 0 Å². The van der Waals surface area contributed by atoms with E-state index in [1.807, 2.05) is 19.9 Å². The molecule has 0 aliphatic carbocycles. The molecule has 0 aliphatic heterocycles. The van der Waals surface area contributed by atoms with Crippen LogP contribution >= 0.6 is 39.7 Å². The molecule has 1 aromatic rings. The topological polar surface area (TPSA) is 55.1 Å². The Morgan fingerprint density at radius 2 is 2.18 bits per heavy atom. The molecule has 1 aromatic heterocycles. The minimum atomic E-state index is -0.130. The first-order valence-electron chi connectivity index (χ1n) is 5.28. The number of halogens is 2. The lowest BCUT2D eigenvalue weighted by Gasteiger charge is -2.14. The quantitative estimate of drug-likeness (QED) is 0.865. The predicted octanol–water partition coefficient (Wildman–Crippen LogP) is 2.57. The van der Waals surface area contributed by atoms with Crippen molar-refractivity contribution < 1.29 is 4.79 Å². The van der Waals surface area contributed by atoms with Crippen LogP contribution in [-0.2, 0) is 11.2 Å². The van der Waals surface area contributed by atoms with Crippen molar-refractivity contribution in [3.8, 4) is 0 Å². The van der Waals surface area contributed by atoms with E-state index in [9.17, 15) is 4.79 Å². The van der Waals surface area contributed by atoms with Crippen molar-refractivity contribution in [2.24, 2.45) is 11.7 Å². The van der Waals surface area contributed by atoms with Gasteiger partial charge in [-0.15, -0.1) is 23.7 Å². The molecule has 6 heteroatoms. The number of thiophene rings is 1. The molecular formula is C11H18BrClN2OS. The van der Waals surface area contributed by atoms with Crippen LogP contribution in [0.2, 0.25) is 0 Å². The minimum absolute atomic E-state index is 0. The SMILES string of the molecule is CC(N)C(C)C(=O)NCCc1ccc(Br)s1.Cl. The molecule has 0 spiro atoms. The Labute approximate surface area is 121 Å². The number of carbonyl (C=O) groups is 1. The van der Waals surface area contributed by atoms with Crippen LogP contribution < -0.4 is 11.1 Å². The number of rotatable bonds is 5. The van der Waals surface area contributed by atoms with Crippen molar-refractivity contribution in [2.75, 3.05) is 6.54 Å². The zero-order chi connectivity index (χ0) is 12.1. The summed E-state index contributed by atoms with van der Waals surface area (Å²) in [4.78, 5) is 12.8. The maximum absolute atomic E-state index is 11.6. The summed E-state index contributed by atoms with van der Waals surface area (Å²) in [7, 11) is 0. The van der Waals surface area contributed by atoms with Gasteiger partial charge in [-0.25, -0.2) is 0 Å². The molecule has 0 aromatic carbocycles. The molecule has 0 fully saturated rings. The van der Waals surface area contributed by atoms with Crippen molar-refractivity contribution in [1.82, 2.24) is 5.32 Å². The Morgan fingerprint density at radius 1 is 1.53 bits per heavy atom. The number of amides is 1. The van der Waals surface area contributed by atoms with Crippen molar-refractivity contribution in [3.63, 3.8) is 0 Å². The van der Waals surface area contributed by atoms with Gasteiger partial charge in [0.1, 0.15) is 0 Å². The van der Waals surface area contributed by atoms with E-state index < -0.39 is 0 Å². The maximum Gasteiger partial charge on any atom is 0.224 e. The van der Waals surface area contributed by atoms with E-state index in [4.69, 9.17) is 5.73 Å². The molecule has 3 nitrogen and oxygen atoms in total. The first-order valence-corrected chi connectivity index (χ1v) is 6.89. The second-order valence-electron chi connectivity index (χ2n) is 3.89. The van der Waals surface area contributed by atoms with E-state index in [0.717, 1.165) is 10.2 Å².